The third-order valence-corrected chi connectivity index (χ3v) is 6.32. The Hall–Kier alpha value is -2.61. The van der Waals surface area contributed by atoms with Gasteiger partial charge in [-0.25, -0.2) is 0 Å². The topological polar surface area (TPSA) is 124 Å². The molecule has 1 aromatic rings. The molecule has 0 spiro atoms. The number of hydrogen-bond acceptors (Lipinski definition) is 6. The molecular weight excluding hydrogens is 388 g/mol. The smallest absolute Gasteiger partial charge is 0.240 e. The molecule has 8 heteroatoms. The number of phenolic OH excluding ortho intramolecular Hbond substituents is 1. The first-order valence-electron chi connectivity index (χ1n) is 10.5. The third kappa shape index (κ3) is 3.43. The van der Waals surface area contributed by atoms with E-state index in [2.05, 4.69) is 0 Å². The van der Waals surface area contributed by atoms with Crippen molar-refractivity contribution in [1.82, 2.24) is 4.90 Å². The number of aliphatic carboxylic acids is 1. The highest BCUT2D eigenvalue weighted by molar-refractivity contribution is 6.08. The number of unbranched alkanes of at least 4 members (excludes halogenated alkanes) is 1. The number of carboxylic acids is 1. The largest absolute Gasteiger partial charge is 0.544 e. The Balaban J connectivity index is 2.12. The van der Waals surface area contributed by atoms with Crippen molar-refractivity contribution in [3.8, 4) is 11.5 Å². The molecule has 2 fully saturated rings. The van der Waals surface area contributed by atoms with E-state index in [0.29, 0.717) is 17.7 Å². The average Bonchev–Trinajstić information content (AvgIpc) is 3.14. The number of ether oxygens (including phenoxy) is 1. The molecule has 0 unspecified atom stereocenters. The fourth-order valence-electron chi connectivity index (χ4n) is 5.08. The van der Waals surface area contributed by atoms with Crippen molar-refractivity contribution >= 4 is 17.8 Å². The number of imide groups is 1. The molecule has 3 N–H and O–H groups in total. The summed E-state index contributed by atoms with van der Waals surface area (Å²) in [4.78, 5) is 40.2. The third-order valence-electron chi connectivity index (χ3n) is 6.32. The summed E-state index contributed by atoms with van der Waals surface area (Å²) in [5.41, 5.74) is -1.15. The first-order chi connectivity index (χ1) is 14.2. The van der Waals surface area contributed by atoms with Crippen molar-refractivity contribution in [2.24, 2.45) is 17.8 Å². The molecule has 0 aromatic heterocycles. The van der Waals surface area contributed by atoms with E-state index in [1.54, 1.807) is 17.4 Å². The normalized spacial score (nSPS) is 28.3. The Bertz CT molecular complexity index is 854. The second kappa shape index (κ2) is 8.26. The number of quaternary nitrogens is 1. The average molecular weight is 418 g/mol. The van der Waals surface area contributed by atoms with Crippen molar-refractivity contribution < 1.29 is 34.7 Å². The molecule has 0 radical (unpaired) electrons. The van der Waals surface area contributed by atoms with E-state index in [-0.39, 0.29) is 30.5 Å². The van der Waals surface area contributed by atoms with Crippen LogP contribution in [-0.4, -0.2) is 47.0 Å². The maximum atomic E-state index is 13.3. The Labute approximate surface area is 176 Å². The second-order valence-electron chi connectivity index (χ2n) is 8.73. The summed E-state index contributed by atoms with van der Waals surface area (Å²) in [5.74, 6) is -3.75. The van der Waals surface area contributed by atoms with Gasteiger partial charge in [-0.3, -0.25) is 14.5 Å². The van der Waals surface area contributed by atoms with Gasteiger partial charge in [0, 0.05) is 19.0 Å². The number of rotatable bonds is 8. The van der Waals surface area contributed by atoms with Crippen LogP contribution in [0.25, 0.3) is 0 Å². The van der Waals surface area contributed by atoms with Gasteiger partial charge in [0.05, 0.1) is 12.7 Å². The van der Waals surface area contributed by atoms with Gasteiger partial charge in [0.2, 0.25) is 11.8 Å². The summed E-state index contributed by atoms with van der Waals surface area (Å²) in [6.45, 7) is 5.99. The van der Waals surface area contributed by atoms with Crippen molar-refractivity contribution in [2.75, 3.05) is 13.7 Å². The first-order valence-corrected chi connectivity index (χ1v) is 10.5. The predicted molar refractivity (Wildman–Crippen MR) is 105 cm³/mol. The summed E-state index contributed by atoms with van der Waals surface area (Å²) >= 11 is 0. The first kappa shape index (κ1) is 22.1. The van der Waals surface area contributed by atoms with Crippen LogP contribution in [0.15, 0.2) is 18.2 Å². The fourth-order valence-corrected chi connectivity index (χ4v) is 5.08. The molecule has 164 valence electrons. The van der Waals surface area contributed by atoms with Crippen LogP contribution in [0, 0.1) is 17.8 Å². The molecule has 0 bridgehead atoms. The van der Waals surface area contributed by atoms with Crippen molar-refractivity contribution in [2.45, 2.75) is 51.6 Å². The zero-order valence-corrected chi connectivity index (χ0v) is 17.9. The molecule has 30 heavy (non-hydrogen) atoms. The summed E-state index contributed by atoms with van der Waals surface area (Å²) in [6.07, 6.45) is 1.64. The number of nitrogens with two attached hydrogens (primary N) is 1. The SMILES string of the molecule is CCCCN1C(=O)[C@@H]2[C@@H](c3ccc(OC)cc3O)[NH2+][C@@](CC(C)C)(C(=O)[O-])[C@@H]2C1=O. The van der Waals surface area contributed by atoms with Gasteiger partial charge in [0.1, 0.15) is 40.9 Å². The van der Waals surface area contributed by atoms with E-state index >= 15 is 0 Å². The molecule has 2 heterocycles. The number of fused-ring (bicyclic) bond motifs is 1. The quantitative estimate of drug-likeness (QED) is 0.571. The highest BCUT2D eigenvalue weighted by Crippen LogP contribution is 2.47. The number of hydrogen-bond donors (Lipinski definition) is 2. The van der Waals surface area contributed by atoms with Crippen LogP contribution in [0.4, 0.5) is 0 Å². The number of phenols is 1. The minimum atomic E-state index is -1.57. The number of amides is 2. The molecule has 0 aliphatic carbocycles. The maximum Gasteiger partial charge on any atom is 0.240 e. The monoisotopic (exact) mass is 418 g/mol. The van der Waals surface area contributed by atoms with Gasteiger partial charge in [-0.1, -0.05) is 27.2 Å². The van der Waals surface area contributed by atoms with Crippen molar-refractivity contribution in [3.05, 3.63) is 23.8 Å². The van der Waals surface area contributed by atoms with Gasteiger partial charge >= 0.3 is 0 Å². The van der Waals surface area contributed by atoms with Crippen molar-refractivity contribution in [1.29, 1.82) is 0 Å². The molecule has 2 amide bonds. The number of carbonyl (C=O) groups excluding carboxylic acids is 3. The number of likely N-dealkylation sites (tertiary alicyclic amines) is 1. The maximum absolute atomic E-state index is 13.3. The summed E-state index contributed by atoms with van der Waals surface area (Å²) in [5, 5.41) is 24.6. The zero-order valence-electron chi connectivity index (χ0n) is 17.9. The lowest BCUT2D eigenvalue weighted by atomic mass is 9.75. The Kier molecular flexibility index (Phi) is 6.08. The zero-order chi connectivity index (χ0) is 22.2. The lowest BCUT2D eigenvalue weighted by molar-refractivity contribution is -0.740. The minimum absolute atomic E-state index is 0.0318. The van der Waals surface area contributed by atoms with Crippen LogP contribution in [0.5, 0.6) is 11.5 Å². The van der Waals surface area contributed by atoms with E-state index in [1.165, 1.54) is 18.1 Å². The predicted octanol–water partition coefficient (Wildman–Crippen LogP) is -0.0450. The second-order valence-corrected chi connectivity index (χ2v) is 8.73. The van der Waals surface area contributed by atoms with E-state index in [0.717, 1.165) is 6.42 Å². The van der Waals surface area contributed by atoms with Crippen LogP contribution in [0.3, 0.4) is 0 Å². The summed E-state index contributed by atoms with van der Waals surface area (Å²) < 4.78 is 5.13. The van der Waals surface area contributed by atoms with E-state index in [4.69, 9.17) is 4.74 Å². The Morgan fingerprint density at radius 3 is 2.57 bits per heavy atom. The molecule has 2 aliphatic heterocycles. The lowest BCUT2D eigenvalue weighted by Crippen LogP contribution is -2.99. The molecule has 8 nitrogen and oxygen atoms in total. The molecular formula is C22H30N2O6. The standard InChI is InChI=1S/C22H30N2O6/c1-5-6-9-24-19(26)16-17(20(24)27)22(21(28)29,11-12(2)3)23-18(16)14-8-7-13(30-4)10-15(14)25/h7-8,10,12,16-18,23,25H,5-6,9,11H2,1-4H3,(H,28,29)/t16-,17-,18+,22+/m0/s1. The van der Waals surface area contributed by atoms with Gasteiger partial charge < -0.3 is 25.1 Å². The van der Waals surface area contributed by atoms with Crippen LogP contribution >= 0.6 is 0 Å². The molecule has 4 atom stereocenters. The number of nitrogens with zero attached hydrogens (tertiary/aromatic N) is 1. The van der Waals surface area contributed by atoms with Crippen LogP contribution in [0.1, 0.15) is 51.6 Å². The lowest BCUT2D eigenvalue weighted by Gasteiger charge is -2.34. The van der Waals surface area contributed by atoms with Crippen LogP contribution < -0.4 is 15.2 Å². The van der Waals surface area contributed by atoms with E-state index < -0.39 is 35.3 Å². The highest BCUT2D eigenvalue weighted by atomic mass is 16.5. The van der Waals surface area contributed by atoms with Gasteiger partial charge in [0.15, 0.2) is 0 Å². The number of carbonyl (C=O) groups is 3. The Morgan fingerprint density at radius 2 is 2.03 bits per heavy atom. The van der Waals surface area contributed by atoms with Gasteiger partial charge in [0.25, 0.3) is 0 Å². The van der Waals surface area contributed by atoms with Gasteiger partial charge in [-0.15, -0.1) is 0 Å². The minimum Gasteiger partial charge on any atom is -0.544 e. The highest BCUT2D eigenvalue weighted by Gasteiger charge is 2.69. The summed E-state index contributed by atoms with van der Waals surface area (Å²) in [6, 6.07) is 3.99. The fraction of sp³-hybridized carbons (Fsp3) is 0.591. The van der Waals surface area contributed by atoms with E-state index in [1.807, 2.05) is 20.8 Å². The molecule has 0 saturated carbocycles. The number of benzene rings is 1. The number of methoxy groups -OCH3 is 1. The number of carboxylic acid groups (broad SMARTS) is 1. The molecule has 2 aliphatic rings. The van der Waals surface area contributed by atoms with E-state index in [9.17, 15) is 24.6 Å². The summed E-state index contributed by atoms with van der Waals surface area (Å²) in [7, 11) is 1.47. The van der Waals surface area contributed by atoms with Gasteiger partial charge in [-0.2, -0.15) is 0 Å². The van der Waals surface area contributed by atoms with Crippen LogP contribution in [-0.2, 0) is 14.4 Å². The van der Waals surface area contributed by atoms with Crippen LogP contribution in [0.2, 0.25) is 0 Å². The van der Waals surface area contributed by atoms with Crippen molar-refractivity contribution in [3.63, 3.8) is 0 Å². The molecule has 1 aromatic carbocycles. The van der Waals surface area contributed by atoms with Gasteiger partial charge in [-0.05, 0) is 24.5 Å². The number of aromatic hydroxyl groups is 1. The molecule has 3 rings (SSSR count). The molecule has 2 saturated heterocycles. The Morgan fingerprint density at radius 1 is 1.33 bits per heavy atom.